The second-order valence-electron chi connectivity index (χ2n) is 6.00. The average molecular weight is 371 g/mol. The van der Waals surface area contributed by atoms with E-state index in [0.29, 0.717) is 27.1 Å². The zero-order chi connectivity index (χ0) is 18.8. The predicted molar refractivity (Wildman–Crippen MR) is 104 cm³/mol. The summed E-state index contributed by atoms with van der Waals surface area (Å²) in [5, 5.41) is 20.8. The van der Waals surface area contributed by atoms with Gasteiger partial charge in [-0.3, -0.25) is 9.48 Å². The summed E-state index contributed by atoms with van der Waals surface area (Å²) in [5.41, 5.74) is 3.20. The lowest BCUT2D eigenvalue weighted by atomic mass is 10.1. The van der Waals surface area contributed by atoms with Crippen LogP contribution in [0.25, 0.3) is 0 Å². The van der Waals surface area contributed by atoms with E-state index in [-0.39, 0.29) is 11.7 Å². The molecule has 136 valence electrons. The van der Waals surface area contributed by atoms with Gasteiger partial charge in [0.25, 0.3) is 5.91 Å². The van der Waals surface area contributed by atoms with Crippen LogP contribution in [-0.2, 0) is 6.54 Å². The first-order chi connectivity index (χ1) is 12.4. The van der Waals surface area contributed by atoms with Crippen LogP contribution in [0.1, 0.15) is 33.4 Å². The largest absolute Gasteiger partial charge is 0.508 e. The maximum atomic E-state index is 12.5. The highest BCUT2D eigenvalue weighted by molar-refractivity contribution is 7.17. The standard InChI is InChI=1S/C18H21N5O2S/c1-5-23-11(3)8-15(22-23)20-18-19-9-14(26-18)17(25)21-16-10(2)6-7-13(24)12(16)4/h6-9,24H,5H2,1-4H3,(H,21,25)(H,19,20,22). The van der Waals surface area contributed by atoms with Crippen molar-refractivity contribution in [3.05, 3.63) is 46.1 Å². The second-order valence-corrected chi connectivity index (χ2v) is 7.03. The maximum Gasteiger partial charge on any atom is 0.267 e. The van der Waals surface area contributed by atoms with Crippen molar-refractivity contribution in [1.82, 2.24) is 14.8 Å². The summed E-state index contributed by atoms with van der Waals surface area (Å²) in [5.74, 6) is 0.590. The Morgan fingerprint density at radius 1 is 1.31 bits per heavy atom. The van der Waals surface area contributed by atoms with Crippen molar-refractivity contribution in [2.75, 3.05) is 10.6 Å². The number of rotatable bonds is 5. The summed E-state index contributed by atoms with van der Waals surface area (Å²) in [6, 6.07) is 5.32. The van der Waals surface area contributed by atoms with Crippen molar-refractivity contribution < 1.29 is 9.90 Å². The number of amides is 1. The third-order valence-electron chi connectivity index (χ3n) is 4.13. The predicted octanol–water partition coefficient (Wildman–Crippen LogP) is 3.99. The van der Waals surface area contributed by atoms with E-state index in [2.05, 4.69) is 20.7 Å². The van der Waals surface area contributed by atoms with Crippen LogP contribution in [0.5, 0.6) is 5.75 Å². The molecule has 1 amide bonds. The molecule has 2 heterocycles. The number of nitrogens with one attached hydrogen (secondary N) is 2. The number of phenols is 1. The molecule has 8 heteroatoms. The van der Waals surface area contributed by atoms with Crippen molar-refractivity contribution in [2.45, 2.75) is 34.2 Å². The summed E-state index contributed by atoms with van der Waals surface area (Å²) in [4.78, 5) is 17.3. The molecule has 1 aromatic carbocycles. The zero-order valence-corrected chi connectivity index (χ0v) is 15.9. The number of benzene rings is 1. The second kappa shape index (κ2) is 7.17. The Kier molecular flexibility index (Phi) is 4.94. The van der Waals surface area contributed by atoms with Gasteiger partial charge in [0, 0.05) is 23.9 Å². The molecule has 7 nitrogen and oxygen atoms in total. The van der Waals surface area contributed by atoms with Crippen molar-refractivity contribution in [3.63, 3.8) is 0 Å². The lowest BCUT2D eigenvalue weighted by Crippen LogP contribution is -2.12. The van der Waals surface area contributed by atoms with Crippen LogP contribution in [0.15, 0.2) is 24.4 Å². The van der Waals surface area contributed by atoms with E-state index in [4.69, 9.17) is 0 Å². The van der Waals surface area contributed by atoms with Crippen molar-refractivity contribution in [1.29, 1.82) is 0 Å². The van der Waals surface area contributed by atoms with Gasteiger partial charge in [-0.25, -0.2) is 4.98 Å². The fourth-order valence-electron chi connectivity index (χ4n) is 2.64. The highest BCUT2D eigenvalue weighted by Gasteiger charge is 2.15. The Balaban J connectivity index is 1.75. The molecule has 0 atom stereocenters. The number of aromatic nitrogens is 3. The van der Waals surface area contributed by atoms with Crippen molar-refractivity contribution >= 4 is 33.9 Å². The molecule has 3 rings (SSSR count). The summed E-state index contributed by atoms with van der Waals surface area (Å²) in [7, 11) is 0. The molecule has 26 heavy (non-hydrogen) atoms. The van der Waals surface area contributed by atoms with Gasteiger partial charge in [0.15, 0.2) is 10.9 Å². The number of aromatic hydroxyl groups is 1. The van der Waals surface area contributed by atoms with E-state index in [9.17, 15) is 9.90 Å². The Morgan fingerprint density at radius 2 is 2.08 bits per heavy atom. The minimum absolute atomic E-state index is 0.152. The topological polar surface area (TPSA) is 92.1 Å². The van der Waals surface area contributed by atoms with Gasteiger partial charge in [-0.15, -0.1) is 0 Å². The number of nitrogens with zero attached hydrogens (tertiary/aromatic N) is 3. The molecule has 3 aromatic rings. The highest BCUT2D eigenvalue weighted by Crippen LogP contribution is 2.29. The van der Waals surface area contributed by atoms with Crippen LogP contribution in [0, 0.1) is 20.8 Å². The summed E-state index contributed by atoms with van der Waals surface area (Å²) >= 11 is 1.25. The smallest absolute Gasteiger partial charge is 0.267 e. The van der Waals surface area contributed by atoms with Gasteiger partial charge in [-0.2, -0.15) is 5.10 Å². The number of anilines is 3. The maximum absolute atomic E-state index is 12.5. The molecule has 0 saturated heterocycles. The Labute approximate surface area is 155 Å². The van der Waals surface area contributed by atoms with Gasteiger partial charge in [0.2, 0.25) is 0 Å². The van der Waals surface area contributed by atoms with Crippen molar-refractivity contribution in [3.8, 4) is 5.75 Å². The summed E-state index contributed by atoms with van der Waals surface area (Å²) in [6.07, 6.45) is 1.53. The minimum atomic E-state index is -0.261. The van der Waals surface area contributed by atoms with Crippen LogP contribution in [0.4, 0.5) is 16.6 Å². The Hall–Kier alpha value is -2.87. The van der Waals surface area contributed by atoms with E-state index < -0.39 is 0 Å². The zero-order valence-electron chi connectivity index (χ0n) is 15.1. The first-order valence-corrected chi connectivity index (χ1v) is 9.08. The molecule has 0 aliphatic heterocycles. The monoisotopic (exact) mass is 371 g/mol. The lowest BCUT2D eigenvalue weighted by Gasteiger charge is -2.11. The number of carbonyl (C=O) groups excluding carboxylic acids is 1. The van der Waals surface area contributed by atoms with E-state index in [1.165, 1.54) is 17.5 Å². The van der Waals surface area contributed by atoms with E-state index in [1.54, 1.807) is 19.1 Å². The average Bonchev–Trinajstić information content (AvgIpc) is 3.21. The Morgan fingerprint density at radius 3 is 2.77 bits per heavy atom. The quantitative estimate of drug-likeness (QED) is 0.631. The summed E-state index contributed by atoms with van der Waals surface area (Å²) in [6.45, 7) is 8.46. The minimum Gasteiger partial charge on any atom is -0.508 e. The van der Waals surface area contributed by atoms with Gasteiger partial charge in [-0.05, 0) is 39.3 Å². The van der Waals surface area contributed by atoms with E-state index >= 15 is 0 Å². The SMILES string of the molecule is CCn1nc(Nc2ncc(C(=O)Nc3c(C)ccc(O)c3C)s2)cc1C. The molecule has 0 fully saturated rings. The fourth-order valence-corrected chi connectivity index (χ4v) is 3.36. The molecule has 0 unspecified atom stereocenters. The molecule has 0 aliphatic carbocycles. The molecule has 0 saturated carbocycles. The van der Waals surface area contributed by atoms with Crippen LogP contribution in [0.3, 0.4) is 0 Å². The van der Waals surface area contributed by atoms with E-state index in [0.717, 1.165) is 17.8 Å². The number of hydrogen-bond acceptors (Lipinski definition) is 6. The normalized spacial score (nSPS) is 10.8. The first-order valence-electron chi connectivity index (χ1n) is 8.27. The van der Waals surface area contributed by atoms with Crippen LogP contribution >= 0.6 is 11.3 Å². The number of thiazole rings is 1. The molecule has 0 aliphatic rings. The summed E-state index contributed by atoms with van der Waals surface area (Å²) < 4.78 is 1.89. The molecule has 2 aromatic heterocycles. The Bertz CT molecular complexity index is 961. The van der Waals surface area contributed by atoms with E-state index in [1.807, 2.05) is 31.5 Å². The molecule has 0 spiro atoms. The van der Waals surface area contributed by atoms with Crippen LogP contribution in [-0.4, -0.2) is 25.8 Å². The third kappa shape index (κ3) is 3.55. The highest BCUT2D eigenvalue weighted by atomic mass is 32.1. The fraction of sp³-hybridized carbons (Fsp3) is 0.278. The van der Waals surface area contributed by atoms with Crippen LogP contribution in [0.2, 0.25) is 0 Å². The van der Waals surface area contributed by atoms with Gasteiger partial charge in [0.05, 0.1) is 11.9 Å². The molecular formula is C18H21N5O2S. The third-order valence-corrected chi connectivity index (χ3v) is 5.04. The number of carbonyl (C=O) groups is 1. The van der Waals surface area contributed by atoms with Gasteiger partial charge < -0.3 is 15.7 Å². The van der Waals surface area contributed by atoms with Gasteiger partial charge in [-0.1, -0.05) is 17.4 Å². The molecule has 0 bridgehead atoms. The molecule has 0 radical (unpaired) electrons. The first kappa shape index (κ1) is 17.9. The van der Waals surface area contributed by atoms with Gasteiger partial charge >= 0.3 is 0 Å². The lowest BCUT2D eigenvalue weighted by molar-refractivity contribution is 0.103. The number of aryl methyl sites for hydroxylation is 3. The molecular weight excluding hydrogens is 350 g/mol. The number of phenolic OH excluding ortho intramolecular Hbond substituents is 1. The van der Waals surface area contributed by atoms with Crippen LogP contribution < -0.4 is 10.6 Å². The number of hydrogen-bond donors (Lipinski definition) is 3. The van der Waals surface area contributed by atoms with Gasteiger partial charge in [0.1, 0.15) is 10.6 Å². The van der Waals surface area contributed by atoms with Crippen molar-refractivity contribution in [2.24, 2.45) is 0 Å². The molecule has 3 N–H and O–H groups in total.